The van der Waals surface area contributed by atoms with E-state index < -0.39 is 0 Å². The standard InChI is InChI=1S/C12H19N3O2/c1-16-12-10-11(2-3-14-12)13-4-5-15-6-8-17-9-7-15/h2-3,10H,4-9H2,1H3,(H,13,14). The smallest absolute Gasteiger partial charge is 0.214 e. The summed E-state index contributed by atoms with van der Waals surface area (Å²) < 4.78 is 10.4. The summed E-state index contributed by atoms with van der Waals surface area (Å²) in [6.45, 7) is 5.72. The zero-order chi connectivity index (χ0) is 11.9. The Morgan fingerprint density at radius 3 is 3.06 bits per heavy atom. The fourth-order valence-corrected chi connectivity index (χ4v) is 1.81. The molecule has 0 atom stereocenters. The van der Waals surface area contributed by atoms with Gasteiger partial charge in [0.15, 0.2) is 0 Å². The number of hydrogen-bond donors (Lipinski definition) is 1. The molecule has 5 nitrogen and oxygen atoms in total. The van der Waals surface area contributed by atoms with Crippen molar-refractivity contribution in [1.29, 1.82) is 0 Å². The second-order valence-electron chi connectivity index (χ2n) is 3.97. The maximum absolute atomic E-state index is 5.31. The van der Waals surface area contributed by atoms with Gasteiger partial charge >= 0.3 is 0 Å². The lowest BCUT2D eigenvalue weighted by molar-refractivity contribution is 0.0398. The van der Waals surface area contributed by atoms with Gasteiger partial charge in [0.05, 0.1) is 20.3 Å². The minimum Gasteiger partial charge on any atom is -0.481 e. The van der Waals surface area contributed by atoms with Gasteiger partial charge in [-0.1, -0.05) is 0 Å². The fraction of sp³-hybridized carbons (Fsp3) is 0.583. The Morgan fingerprint density at radius 2 is 2.29 bits per heavy atom. The molecule has 0 saturated carbocycles. The molecule has 2 heterocycles. The van der Waals surface area contributed by atoms with Gasteiger partial charge in [-0.2, -0.15) is 0 Å². The molecule has 0 radical (unpaired) electrons. The molecule has 2 rings (SSSR count). The Bertz CT molecular complexity index is 340. The highest BCUT2D eigenvalue weighted by Gasteiger charge is 2.09. The van der Waals surface area contributed by atoms with Crippen LogP contribution in [0.3, 0.4) is 0 Å². The molecule has 0 unspecified atom stereocenters. The van der Waals surface area contributed by atoms with E-state index in [-0.39, 0.29) is 0 Å². The Balaban J connectivity index is 1.73. The maximum Gasteiger partial charge on any atom is 0.214 e. The second kappa shape index (κ2) is 6.42. The largest absolute Gasteiger partial charge is 0.481 e. The van der Waals surface area contributed by atoms with Crippen LogP contribution in [0, 0.1) is 0 Å². The van der Waals surface area contributed by atoms with Gasteiger partial charge < -0.3 is 14.8 Å². The van der Waals surface area contributed by atoms with Crippen molar-refractivity contribution in [3.63, 3.8) is 0 Å². The predicted molar refractivity (Wildman–Crippen MR) is 66.5 cm³/mol. The summed E-state index contributed by atoms with van der Waals surface area (Å²) in [5.41, 5.74) is 1.05. The Hall–Kier alpha value is -1.33. The average molecular weight is 237 g/mol. The molecule has 1 aromatic heterocycles. The van der Waals surface area contributed by atoms with Crippen LogP contribution < -0.4 is 10.1 Å². The Kier molecular flexibility index (Phi) is 4.58. The van der Waals surface area contributed by atoms with E-state index in [9.17, 15) is 0 Å². The van der Waals surface area contributed by atoms with Gasteiger partial charge in [-0.15, -0.1) is 0 Å². The highest BCUT2D eigenvalue weighted by molar-refractivity contribution is 5.44. The normalized spacial score (nSPS) is 16.8. The van der Waals surface area contributed by atoms with Gasteiger partial charge in [-0.3, -0.25) is 4.90 Å². The molecule has 94 valence electrons. The second-order valence-corrected chi connectivity index (χ2v) is 3.97. The maximum atomic E-state index is 5.31. The van der Waals surface area contributed by atoms with Gasteiger partial charge in [-0.25, -0.2) is 4.98 Å². The molecular weight excluding hydrogens is 218 g/mol. The molecule has 17 heavy (non-hydrogen) atoms. The van der Waals surface area contributed by atoms with Gasteiger partial charge in [0.2, 0.25) is 5.88 Å². The van der Waals surface area contributed by atoms with Crippen molar-refractivity contribution in [2.75, 3.05) is 51.8 Å². The van der Waals surface area contributed by atoms with Crippen LogP contribution in [0.25, 0.3) is 0 Å². The summed E-state index contributed by atoms with van der Waals surface area (Å²) in [6.07, 6.45) is 1.75. The quantitative estimate of drug-likeness (QED) is 0.822. The van der Waals surface area contributed by atoms with E-state index in [0.717, 1.165) is 45.1 Å². The predicted octanol–water partition coefficient (Wildman–Crippen LogP) is 0.834. The third-order valence-corrected chi connectivity index (χ3v) is 2.80. The number of nitrogens with one attached hydrogen (secondary N) is 1. The third kappa shape index (κ3) is 3.87. The number of methoxy groups -OCH3 is 1. The number of anilines is 1. The first kappa shape index (κ1) is 12.1. The SMILES string of the molecule is COc1cc(NCCN2CCOCC2)ccn1. The van der Waals surface area contributed by atoms with Crippen molar-refractivity contribution in [2.24, 2.45) is 0 Å². The molecule has 0 amide bonds. The minimum atomic E-state index is 0.640. The summed E-state index contributed by atoms with van der Waals surface area (Å²) in [4.78, 5) is 6.46. The van der Waals surface area contributed by atoms with E-state index in [2.05, 4.69) is 15.2 Å². The van der Waals surface area contributed by atoms with Crippen molar-refractivity contribution in [3.8, 4) is 5.88 Å². The van der Waals surface area contributed by atoms with Crippen LogP contribution in [0.1, 0.15) is 0 Å². The molecule has 0 spiro atoms. The number of rotatable bonds is 5. The van der Waals surface area contributed by atoms with Gasteiger partial charge in [-0.05, 0) is 6.07 Å². The summed E-state index contributed by atoms with van der Waals surface area (Å²) >= 11 is 0. The van der Waals surface area contributed by atoms with Crippen molar-refractivity contribution in [1.82, 2.24) is 9.88 Å². The molecule has 0 bridgehead atoms. The highest BCUT2D eigenvalue weighted by Crippen LogP contribution is 2.12. The third-order valence-electron chi connectivity index (χ3n) is 2.80. The number of hydrogen-bond acceptors (Lipinski definition) is 5. The van der Waals surface area contributed by atoms with Gasteiger partial charge in [0, 0.05) is 44.1 Å². The first-order chi connectivity index (χ1) is 8.38. The molecule has 1 aromatic rings. The van der Waals surface area contributed by atoms with E-state index >= 15 is 0 Å². The van der Waals surface area contributed by atoms with Crippen LogP contribution >= 0.6 is 0 Å². The molecule has 1 aliphatic heterocycles. The minimum absolute atomic E-state index is 0.640. The lowest BCUT2D eigenvalue weighted by atomic mass is 10.3. The summed E-state index contributed by atoms with van der Waals surface area (Å²) in [7, 11) is 1.62. The number of aromatic nitrogens is 1. The van der Waals surface area contributed by atoms with E-state index in [0.29, 0.717) is 5.88 Å². The number of morpholine rings is 1. The van der Waals surface area contributed by atoms with Crippen LogP contribution in [0.2, 0.25) is 0 Å². The summed E-state index contributed by atoms with van der Waals surface area (Å²) in [5.74, 6) is 0.640. The summed E-state index contributed by atoms with van der Waals surface area (Å²) in [6, 6.07) is 3.85. The average Bonchev–Trinajstić information content (AvgIpc) is 2.40. The van der Waals surface area contributed by atoms with Crippen molar-refractivity contribution in [3.05, 3.63) is 18.3 Å². The van der Waals surface area contributed by atoms with Crippen molar-refractivity contribution in [2.45, 2.75) is 0 Å². The zero-order valence-corrected chi connectivity index (χ0v) is 10.2. The van der Waals surface area contributed by atoms with E-state index in [1.165, 1.54) is 0 Å². The lowest BCUT2D eigenvalue weighted by Crippen LogP contribution is -2.39. The number of nitrogens with zero attached hydrogens (tertiary/aromatic N) is 2. The molecule has 1 aliphatic rings. The van der Waals surface area contributed by atoms with Crippen LogP contribution in [0.5, 0.6) is 5.88 Å². The molecule has 5 heteroatoms. The molecular formula is C12H19N3O2. The molecule has 0 aromatic carbocycles. The first-order valence-corrected chi connectivity index (χ1v) is 5.92. The van der Waals surface area contributed by atoms with Crippen molar-refractivity contribution >= 4 is 5.69 Å². The van der Waals surface area contributed by atoms with Crippen LogP contribution in [0.4, 0.5) is 5.69 Å². The molecule has 1 N–H and O–H groups in total. The molecule has 0 aliphatic carbocycles. The topological polar surface area (TPSA) is 46.6 Å². The fourth-order valence-electron chi connectivity index (χ4n) is 1.81. The monoisotopic (exact) mass is 237 g/mol. The zero-order valence-electron chi connectivity index (χ0n) is 10.2. The number of ether oxygens (including phenoxy) is 2. The summed E-state index contributed by atoms with van der Waals surface area (Å²) in [5, 5.41) is 3.36. The van der Waals surface area contributed by atoms with Crippen molar-refractivity contribution < 1.29 is 9.47 Å². The van der Waals surface area contributed by atoms with Gasteiger partial charge in [0.1, 0.15) is 0 Å². The molecule has 1 saturated heterocycles. The lowest BCUT2D eigenvalue weighted by Gasteiger charge is -2.26. The number of pyridine rings is 1. The first-order valence-electron chi connectivity index (χ1n) is 5.92. The Labute approximate surface area is 102 Å². The Morgan fingerprint density at radius 1 is 1.47 bits per heavy atom. The van der Waals surface area contributed by atoms with Crippen LogP contribution in [-0.2, 0) is 4.74 Å². The van der Waals surface area contributed by atoms with E-state index in [1.807, 2.05) is 12.1 Å². The highest BCUT2D eigenvalue weighted by atomic mass is 16.5. The van der Waals surface area contributed by atoms with Crippen LogP contribution in [0.15, 0.2) is 18.3 Å². The van der Waals surface area contributed by atoms with Gasteiger partial charge in [0.25, 0.3) is 0 Å². The van der Waals surface area contributed by atoms with E-state index in [4.69, 9.17) is 9.47 Å². The molecule has 1 fully saturated rings. The van der Waals surface area contributed by atoms with Crippen LogP contribution in [-0.4, -0.2) is 56.4 Å². The van der Waals surface area contributed by atoms with E-state index in [1.54, 1.807) is 13.3 Å².